The number of likely N-dealkylation sites (N-methyl/N-ethyl adjacent to an activating group) is 1. The average Bonchev–Trinajstić information content (AvgIpc) is 2.50. The molecule has 5 nitrogen and oxygen atoms in total. The first-order chi connectivity index (χ1) is 10.2. The SMILES string of the molecule is CNCCn1c(C)cnc(NCCc2ccccc2)c1=O. The quantitative estimate of drug-likeness (QED) is 0.808. The Bertz CT molecular complexity index is 622. The molecule has 0 spiro atoms. The van der Waals surface area contributed by atoms with Crippen molar-refractivity contribution in [3.63, 3.8) is 0 Å². The van der Waals surface area contributed by atoms with Crippen molar-refractivity contribution in [3.8, 4) is 0 Å². The fraction of sp³-hybridized carbons (Fsp3) is 0.375. The topological polar surface area (TPSA) is 59.0 Å². The maximum Gasteiger partial charge on any atom is 0.293 e. The fourth-order valence-corrected chi connectivity index (χ4v) is 2.16. The lowest BCUT2D eigenvalue weighted by molar-refractivity contribution is 0.608. The standard InChI is InChI=1S/C16H22N4O/c1-13-12-19-15(16(21)20(13)11-10-17-2)18-9-8-14-6-4-3-5-7-14/h3-7,12,17H,8-11H2,1-2H3,(H,18,19). The lowest BCUT2D eigenvalue weighted by Crippen LogP contribution is -2.30. The van der Waals surface area contributed by atoms with Crippen molar-refractivity contribution in [2.24, 2.45) is 0 Å². The van der Waals surface area contributed by atoms with Crippen LogP contribution in [0.4, 0.5) is 5.82 Å². The van der Waals surface area contributed by atoms with Crippen molar-refractivity contribution in [3.05, 3.63) is 58.1 Å². The molecule has 2 rings (SSSR count). The first-order valence-electron chi connectivity index (χ1n) is 7.21. The summed E-state index contributed by atoms with van der Waals surface area (Å²) in [6, 6.07) is 10.2. The zero-order valence-corrected chi connectivity index (χ0v) is 12.6. The molecule has 5 heteroatoms. The Balaban J connectivity index is 2.01. The van der Waals surface area contributed by atoms with Crippen LogP contribution in [-0.4, -0.2) is 29.7 Å². The van der Waals surface area contributed by atoms with E-state index in [1.54, 1.807) is 10.8 Å². The minimum absolute atomic E-state index is 0.0571. The van der Waals surface area contributed by atoms with Crippen molar-refractivity contribution in [2.75, 3.05) is 25.5 Å². The van der Waals surface area contributed by atoms with Crippen LogP contribution in [0, 0.1) is 6.92 Å². The zero-order valence-electron chi connectivity index (χ0n) is 12.6. The van der Waals surface area contributed by atoms with Gasteiger partial charge in [-0.3, -0.25) is 4.79 Å². The summed E-state index contributed by atoms with van der Waals surface area (Å²) in [5.41, 5.74) is 2.06. The van der Waals surface area contributed by atoms with Crippen LogP contribution in [0.3, 0.4) is 0 Å². The molecule has 112 valence electrons. The van der Waals surface area contributed by atoms with Crippen LogP contribution in [0.25, 0.3) is 0 Å². The molecule has 0 fully saturated rings. The molecule has 0 unspecified atom stereocenters. The van der Waals surface area contributed by atoms with Crippen LogP contribution < -0.4 is 16.2 Å². The fourth-order valence-electron chi connectivity index (χ4n) is 2.16. The monoisotopic (exact) mass is 286 g/mol. The Kier molecular flexibility index (Phi) is 5.51. The molecule has 0 atom stereocenters. The summed E-state index contributed by atoms with van der Waals surface area (Å²) in [6.07, 6.45) is 2.61. The normalized spacial score (nSPS) is 10.6. The Morgan fingerprint density at radius 2 is 1.95 bits per heavy atom. The van der Waals surface area contributed by atoms with Crippen LogP contribution >= 0.6 is 0 Å². The Labute approximate surface area is 125 Å². The molecule has 1 heterocycles. The molecule has 1 aromatic carbocycles. The van der Waals surface area contributed by atoms with E-state index in [9.17, 15) is 4.79 Å². The van der Waals surface area contributed by atoms with E-state index >= 15 is 0 Å². The van der Waals surface area contributed by atoms with Crippen molar-refractivity contribution in [2.45, 2.75) is 19.9 Å². The van der Waals surface area contributed by atoms with Gasteiger partial charge in [-0.2, -0.15) is 0 Å². The van der Waals surface area contributed by atoms with E-state index in [1.165, 1.54) is 5.56 Å². The second-order valence-corrected chi connectivity index (χ2v) is 4.97. The van der Waals surface area contributed by atoms with E-state index < -0.39 is 0 Å². The predicted molar refractivity (Wildman–Crippen MR) is 85.8 cm³/mol. The first kappa shape index (κ1) is 15.3. The van der Waals surface area contributed by atoms with E-state index in [1.807, 2.05) is 32.2 Å². The largest absolute Gasteiger partial charge is 0.365 e. The molecule has 21 heavy (non-hydrogen) atoms. The second kappa shape index (κ2) is 7.59. The minimum atomic E-state index is -0.0571. The van der Waals surface area contributed by atoms with Gasteiger partial charge in [0.25, 0.3) is 5.56 Å². The van der Waals surface area contributed by atoms with Gasteiger partial charge in [0.2, 0.25) is 0 Å². The number of hydrogen-bond donors (Lipinski definition) is 2. The molecular weight excluding hydrogens is 264 g/mol. The number of nitrogens with one attached hydrogen (secondary N) is 2. The van der Waals surface area contributed by atoms with Crippen LogP contribution in [0.5, 0.6) is 0 Å². The molecule has 2 aromatic rings. The van der Waals surface area contributed by atoms with E-state index in [4.69, 9.17) is 0 Å². The highest BCUT2D eigenvalue weighted by Crippen LogP contribution is 2.02. The van der Waals surface area contributed by atoms with E-state index in [2.05, 4.69) is 27.8 Å². The highest BCUT2D eigenvalue weighted by Gasteiger charge is 2.07. The molecule has 0 aliphatic carbocycles. The lowest BCUT2D eigenvalue weighted by atomic mass is 10.1. The van der Waals surface area contributed by atoms with E-state index in [-0.39, 0.29) is 5.56 Å². The lowest BCUT2D eigenvalue weighted by Gasteiger charge is -2.12. The molecule has 1 aromatic heterocycles. The molecule has 0 amide bonds. The highest BCUT2D eigenvalue weighted by molar-refractivity contribution is 5.32. The van der Waals surface area contributed by atoms with Crippen LogP contribution in [0.15, 0.2) is 41.3 Å². The molecular formula is C16H22N4O. The maximum absolute atomic E-state index is 12.3. The summed E-state index contributed by atoms with van der Waals surface area (Å²) in [6.45, 7) is 4.00. The number of benzene rings is 1. The van der Waals surface area contributed by atoms with Crippen LogP contribution in [-0.2, 0) is 13.0 Å². The summed E-state index contributed by atoms with van der Waals surface area (Å²) in [7, 11) is 1.88. The van der Waals surface area contributed by atoms with Crippen molar-refractivity contribution >= 4 is 5.82 Å². The van der Waals surface area contributed by atoms with Crippen LogP contribution in [0.1, 0.15) is 11.3 Å². The van der Waals surface area contributed by atoms with E-state index in [0.717, 1.165) is 18.7 Å². The van der Waals surface area contributed by atoms with Gasteiger partial charge in [0.05, 0.1) is 0 Å². The van der Waals surface area contributed by atoms with Gasteiger partial charge in [-0.1, -0.05) is 30.3 Å². The third-order valence-electron chi connectivity index (χ3n) is 3.39. The van der Waals surface area contributed by atoms with Gasteiger partial charge in [0.1, 0.15) is 0 Å². The van der Waals surface area contributed by atoms with Gasteiger partial charge >= 0.3 is 0 Å². The number of rotatable bonds is 7. The minimum Gasteiger partial charge on any atom is -0.365 e. The van der Waals surface area contributed by atoms with Crippen LogP contribution in [0.2, 0.25) is 0 Å². The second-order valence-electron chi connectivity index (χ2n) is 4.97. The predicted octanol–water partition coefficient (Wildman–Crippen LogP) is 1.43. The molecule has 0 bridgehead atoms. The third-order valence-corrected chi connectivity index (χ3v) is 3.39. The van der Waals surface area contributed by atoms with Gasteiger partial charge in [-0.15, -0.1) is 0 Å². The molecule has 0 aliphatic heterocycles. The van der Waals surface area contributed by atoms with Crippen molar-refractivity contribution < 1.29 is 0 Å². The van der Waals surface area contributed by atoms with Gasteiger partial charge in [0, 0.05) is 31.5 Å². The maximum atomic E-state index is 12.3. The molecule has 0 saturated carbocycles. The smallest absolute Gasteiger partial charge is 0.293 e. The Morgan fingerprint density at radius 1 is 1.19 bits per heavy atom. The summed E-state index contributed by atoms with van der Waals surface area (Å²) < 4.78 is 1.74. The highest BCUT2D eigenvalue weighted by atomic mass is 16.1. The van der Waals surface area contributed by atoms with Gasteiger partial charge in [-0.05, 0) is 26.0 Å². The van der Waals surface area contributed by atoms with Crippen molar-refractivity contribution in [1.29, 1.82) is 0 Å². The van der Waals surface area contributed by atoms with Crippen molar-refractivity contribution in [1.82, 2.24) is 14.9 Å². The molecule has 0 saturated heterocycles. The zero-order chi connectivity index (χ0) is 15.1. The van der Waals surface area contributed by atoms with Gasteiger partial charge < -0.3 is 15.2 Å². The van der Waals surface area contributed by atoms with E-state index in [0.29, 0.717) is 18.9 Å². The first-order valence-corrected chi connectivity index (χ1v) is 7.21. The number of aromatic nitrogens is 2. The average molecular weight is 286 g/mol. The summed E-state index contributed by atoms with van der Waals surface area (Å²) >= 11 is 0. The summed E-state index contributed by atoms with van der Waals surface area (Å²) in [4.78, 5) is 16.6. The van der Waals surface area contributed by atoms with Gasteiger partial charge in [-0.25, -0.2) is 4.98 Å². The third kappa shape index (κ3) is 4.16. The Morgan fingerprint density at radius 3 is 2.67 bits per heavy atom. The number of nitrogens with zero attached hydrogens (tertiary/aromatic N) is 2. The molecule has 0 aliphatic rings. The number of hydrogen-bond acceptors (Lipinski definition) is 4. The summed E-state index contributed by atoms with van der Waals surface area (Å²) in [5, 5.41) is 6.19. The number of anilines is 1. The van der Waals surface area contributed by atoms with Gasteiger partial charge in [0.15, 0.2) is 5.82 Å². The molecule has 0 radical (unpaired) electrons. The Hall–Kier alpha value is -2.14. The number of aryl methyl sites for hydroxylation is 1. The summed E-state index contributed by atoms with van der Waals surface area (Å²) in [5.74, 6) is 0.424. The molecule has 2 N–H and O–H groups in total.